The van der Waals surface area contributed by atoms with E-state index in [0.717, 1.165) is 10.4 Å². The second-order valence-electron chi connectivity index (χ2n) is 3.85. The van der Waals surface area contributed by atoms with Gasteiger partial charge in [0, 0.05) is 23.7 Å². The minimum Gasteiger partial charge on any atom is -0.347 e. The van der Waals surface area contributed by atoms with Crippen LogP contribution in [0.1, 0.15) is 20.8 Å². The van der Waals surface area contributed by atoms with E-state index in [-0.39, 0.29) is 5.91 Å². The Morgan fingerprint density at radius 1 is 1.63 bits per heavy atom. The first kappa shape index (κ1) is 13.3. The van der Waals surface area contributed by atoms with Crippen molar-refractivity contribution in [2.75, 3.05) is 6.54 Å². The molecule has 0 aliphatic heterocycles. The summed E-state index contributed by atoms with van der Waals surface area (Å²) in [4.78, 5) is 12.9. The zero-order chi connectivity index (χ0) is 13.7. The third kappa shape index (κ3) is 3.44. The van der Waals surface area contributed by atoms with Gasteiger partial charge in [0.2, 0.25) is 0 Å². The molecule has 0 radical (unpaired) electrons. The number of thiophene rings is 1. The van der Waals surface area contributed by atoms with Crippen LogP contribution >= 0.6 is 11.3 Å². The lowest BCUT2D eigenvalue weighted by Crippen LogP contribution is -2.22. The Morgan fingerprint density at radius 2 is 2.47 bits per heavy atom. The first-order valence-corrected chi connectivity index (χ1v) is 6.61. The molecule has 2 aromatic rings. The van der Waals surface area contributed by atoms with E-state index in [1.165, 1.54) is 0 Å². The van der Waals surface area contributed by atoms with Crippen LogP contribution in [0.5, 0.6) is 0 Å². The Balaban J connectivity index is 1.99. The number of amides is 1. The van der Waals surface area contributed by atoms with Gasteiger partial charge in [-0.1, -0.05) is 11.8 Å². The molecule has 0 bridgehead atoms. The van der Waals surface area contributed by atoms with Gasteiger partial charge in [0.25, 0.3) is 5.91 Å². The van der Waals surface area contributed by atoms with Gasteiger partial charge >= 0.3 is 0 Å². The molecule has 0 fully saturated rings. The molecule has 0 saturated carbocycles. The number of nitrogens with one attached hydrogen (secondary N) is 1. The molecular weight excluding hydrogens is 260 g/mol. The maximum Gasteiger partial charge on any atom is 0.254 e. The number of hydrogen-bond acceptors (Lipinski definition) is 4. The van der Waals surface area contributed by atoms with Crippen LogP contribution in [-0.4, -0.2) is 22.2 Å². The molecule has 0 aliphatic carbocycles. The number of hydrogen-bond donors (Lipinski definition) is 2. The summed E-state index contributed by atoms with van der Waals surface area (Å²) in [7, 11) is 1.77. The van der Waals surface area contributed by atoms with Crippen LogP contribution in [0.4, 0.5) is 0 Å². The quantitative estimate of drug-likeness (QED) is 0.810. The predicted octanol–water partition coefficient (Wildman–Crippen LogP) is 0.722. The number of nitrogens with zero attached hydrogens (tertiary/aromatic N) is 2. The summed E-state index contributed by atoms with van der Waals surface area (Å²) in [6.45, 7) is 0.789. The van der Waals surface area contributed by atoms with Gasteiger partial charge in [-0.2, -0.15) is 5.10 Å². The van der Waals surface area contributed by atoms with Crippen LogP contribution in [0.15, 0.2) is 23.8 Å². The van der Waals surface area contributed by atoms with Crippen molar-refractivity contribution >= 4 is 17.2 Å². The van der Waals surface area contributed by atoms with Crippen molar-refractivity contribution in [3.8, 4) is 11.8 Å². The van der Waals surface area contributed by atoms with E-state index in [2.05, 4.69) is 22.3 Å². The van der Waals surface area contributed by atoms with Crippen molar-refractivity contribution in [3.05, 3.63) is 39.8 Å². The summed E-state index contributed by atoms with van der Waals surface area (Å²) in [6.07, 6.45) is 3.22. The minimum atomic E-state index is -0.140. The van der Waals surface area contributed by atoms with E-state index in [0.29, 0.717) is 18.7 Å². The second kappa shape index (κ2) is 6.18. The molecule has 0 aromatic carbocycles. The highest BCUT2D eigenvalue weighted by molar-refractivity contribution is 7.10. The van der Waals surface area contributed by atoms with Crippen molar-refractivity contribution < 1.29 is 4.79 Å². The molecule has 2 aromatic heterocycles. The molecule has 0 unspecified atom stereocenters. The highest BCUT2D eigenvalue weighted by Crippen LogP contribution is 2.15. The molecule has 2 rings (SSSR count). The lowest BCUT2D eigenvalue weighted by atomic mass is 10.2. The maximum absolute atomic E-state index is 11.9. The maximum atomic E-state index is 11.9. The number of aromatic nitrogens is 2. The number of rotatable bonds is 3. The summed E-state index contributed by atoms with van der Waals surface area (Å²) in [6, 6.07) is 1.93. The van der Waals surface area contributed by atoms with Crippen LogP contribution < -0.4 is 11.1 Å². The average molecular weight is 274 g/mol. The van der Waals surface area contributed by atoms with Crippen molar-refractivity contribution in [2.45, 2.75) is 6.54 Å². The summed E-state index contributed by atoms with van der Waals surface area (Å²) in [5.41, 5.74) is 6.81. The highest BCUT2D eigenvalue weighted by atomic mass is 32.1. The SMILES string of the molecule is Cn1cc(C(=O)NCc2sccc2C#CCN)cn1. The Labute approximate surface area is 115 Å². The van der Waals surface area contributed by atoms with Crippen LogP contribution in [0, 0.1) is 11.8 Å². The Bertz CT molecular complexity index is 632. The zero-order valence-electron chi connectivity index (χ0n) is 10.5. The molecule has 3 N–H and O–H groups in total. The van der Waals surface area contributed by atoms with Crippen LogP contribution in [0.25, 0.3) is 0 Å². The van der Waals surface area contributed by atoms with Crippen molar-refractivity contribution in [1.29, 1.82) is 0 Å². The van der Waals surface area contributed by atoms with E-state index < -0.39 is 0 Å². The lowest BCUT2D eigenvalue weighted by molar-refractivity contribution is 0.0951. The van der Waals surface area contributed by atoms with E-state index >= 15 is 0 Å². The Kier molecular flexibility index (Phi) is 4.34. The van der Waals surface area contributed by atoms with Gasteiger partial charge in [-0.15, -0.1) is 11.3 Å². The fraction of sp³-hybridized carbons (Fsp3) is 0.231. The molecule has 2 heterocycles. The topological polar surface area (TPSA) is 72.9 Å². The summed E-state index contributed by atoms with van der Waals surface area (Å²) in [5.74, 6) is 5.66. The molecule has 0 atom stereocenters. The van der Waals surface area contributed by atoms with Gasteiger partial charge in [0.05, 0.1) is 24.8 Å². The van der Waals surface area contributed by atoms with Crippen molar-refractivity contribution in [1.82, 2.24) is 15.1 Å². The van der Waals surface area contributed by atoms with Gasteiger partial charge in [0.15, 0.2) is 0 Å². The van der Waals surface area contributed by atoms with Crippen LogP contribution in [-0.2, 0) is 13.6 Å². The molecule has 0 aliphatic rings. The van der Waals surface area contributed by atoms with E-state index in [1.807, 2.05) is 11.4 Å². The monoisotopic (exact) mass is 274 g/mol. The number of carbonyl (C=O) groups excluding carboxylic acids is 1. The smallest absolute Gasteiger partial charge is 0.254 e. The standard InChI is InChI=1S/C13H14N4OS/c1-17-9-11(7-16-17)13(18)15-8-12-10(3-2-5-14)4-6-19-12/h4,6-7,9H,5,8,14H2,1H3,(H,15,18). The fourth-order valence-electron chi connectivity index (χ4n) is 1.54. The van der Waals surface area contributed by atoms with E-state index in [1.54, 1.807) is 35.5 Å². The minimum absolute atomic E-state index is 0.140. The second-order valence-corrected chi connectivity index (χ2v) is 4.85. The summed E-state index contributed by atoms with van der Waals surface area (Å²) < 4.78 is 1.60. The van der Waals surface area contributed by atoms with Gasteiger partial charge in [-0.25, -0.2) is 0 Å². The van der Waals surface area contributed by atoms with Gasteiger partial charge in [-0.05, 0) is 11.4 Å². The summed E-state index contributed by atoms with van der Waals surface area (Å²) in [5, 5.41) is 8.76. The lowest BCUT2D eigenvalue weighted by Gasteiger charge is -2.02. The summed E-state index contributed by atoms with van der Waals surface area (Å²) >= 11 is 1.56. The van der Waals surface area contributed by atoms with Crippen molar-refractivity contribution in [3.63, 3.8) is 0 Å². The van der Waals surface area contributed by atoms with E-state index in [9.17, 15) is 4.79 Å². The molecule has 0 spiro atoms. The first-order valence-electron chi connectivity index (χ1n) is 5.73. The fourth-order valence-corrected chi connectivity index (χ4v) is 2.31. The van der Waals surface area contributed by atoms with Crippen LogP contribution in [0.3, 0.4) is 0 Å². The molecule has 1 amide bonds. The number of carbonyl (C=O) groups is 1. The van der Waals surface area contributed by atoms with Gasteiger partial charge < -0.3 is 11.1 Å². The molecule has 98 valence electrons. The highest BCUT2D eigenvalue weighted by Gasteiger charge is 2.09. The first-order chi connectivity index (χ1) is 9.20. The molecule has 5 nitrogen and oxygen atoms in total. The van der Waals surface area contributed by atoms with Gasteiger partial charge in [-0.3, -0.25) is 9.48 Å². The Hall–Kier alpha value is -2.10. The average Bonchev–Trinajstić information content (AvgIpc) is 3.02. The zero-order valence-corrected chi connectivity index (χ0v) is 11.3. The molecule has 19 heavy (non-hydrogen) atoms. The number of aryl methyl sites for hydroxylation is 1. The molecule has 6 heteroatoms. The molecular formula is C13H14N4OS. The van der Waals surface area contributed by atoms with Gasteiger partial charge in [0.1, 0.15) is 0 Å². The van der Waals surface area contributed by atoms with Crippen LogP contribution in [0.2, 0.25) is 0 Å². The van der Waals surface area contributed by atoms with Crippen molar-refractivity contribution in [2.24, 2.45) is 12.8 Å². The predicted molar refractivity (Wildman–Crippen MR) is 74.6 cm³/mol. The van der Waals surface area contributed by atoms with E-state index in [4.69, 9.17) is 5.73 Å². The Morgan fingerprint density at radius 3 is 3.16 bits per heavy atom. The largest absolute Gasteiger partial charge is 0.347 e. The normalized spacial score (nSPS) is 9.79. The number of nitrogens with two attached hydrogens (primary N) is 1. The third-order valence-electron chi connectivity index (χ3n) is 2.45. The molecule has 0 saturated heterocycles. The third-order valence-corrected chi connectivity index (χ3v) is 3.37.